The summed E-state index contributed by atoms with van der Waals surface area (Å²) in [7, 11) is 0. The monoisotopic (exact) mass is 434 g/mol. The molecule has 7 heteroatoms. The zero-order chi connectivity index (χ0) is 22.2. The molecule has 32 heavy (non-hydrogen) atoms. The molecule has 1 atom stereocenters. The Bertz CT molecular complexity index is 1010. The van der Waals surface area contributed by atoms with Crippen LogP contribution in [0.4, 0.5) is 4.79 Å². The maximum atomic E-state index is 12.6. The van der Waals surface area contributed by atoms with Gasteiger partial charge in [-0.15, -0.1) is 0 Å². The van der Waals surface area contributed by atoms with Crippen LogP contribution in [-0.4, -0.2) is 47.3 Å². The lowest BCUT2D eigenvalue weighted by atomic mass is 9.98. The highest BCUT2D eigenvalue weighted by Crippen LogP contribution is 2.25. The van der Waals surface area contributed by atoms with Gasteiger partial charge in [-0.2, -0.15) is 4.98 Å². The molecule has 2 heterocycles. The Labute approximate surface area is 188 Å². The van der Waals surface area contributed by atoms with Gasteiger partial charge in [0.25, 0.3) is 0 Å². The number of likely N-dealkylation sites (tertiary alicyclic amines) is 1. The minimum Gasteiger partial charge on any atom is -0.493 e. The second-order valence-corrected chi connectivity index (χ2v) is 8.22. The van der Waals surface area contributed by atoms with Gasteiger partial charge >= 0.3 is 6.03 Å². The summed E-state index contributed by atoms with van der Waals surface area (Å²) in [4.78, 5) is 19.0. The van der Waals surface area contributed by atoms with Crippen LogP contribution in [0.3, 0.4) is 0 Å². The molecule has 2 amide bonds. The van der Waals surface area contributed by atoms with Crippen LogP contribution >= 0.6 is 0 Å². The molecule has 1 unspecified atom stereocenters. The van der Waals surface area contributed by atoms with E-state index >= 15 is 0 Å². The number of hydrogen-bond acceptors (Lipinski definition) is 5. The quantitative estimate of drug-likeness (QED) is 0.577. The molecule has 1 aromatic heterocycles. The van der Waals surface area contributed by atoms with E-state index in [0.717, 1.165) is 37.1 Å². The number of amides is 2. The zero-order valence-electron chi connectivity index (χ0n) is 18.5. The molecule has 3 aromatic rings. The number of nitrogens with zero attached hydrogens (tertiary/aromatic N) is 3. The predicted molar refractivity (Wildman–Crippen MR) is 122 cm³/mol. The number of aromatic nitrogens is 2. The van der Waals surface area contributed by atoms with Crippen molar-refractivity contribution in [2.45, 2.75) is 38.5 Å². The van der Waals surface area contributed by atoms with Crippen LogP contribution in [0.1, 0.15) is 41.6 Å². The molecule has 0 saturated carbocycles. The van der Waals surface area contributed by atoms with Gasteiger partial charge in [-0.05, 0) is 49.4 Å². The van der Waals surface area contributed by atoms with Crippen molar-refractivity contribution in [2.24, 2.45) is 0 Å². The maximum Gasteiger partial charge on any atom is 0.317 e. The molecule has 4 rings (SSSR count). The largest absolute Gasteiger partial charge is 0.493 e. The predicted octanol–water partition coefficient (Wildman–Crippen LogP) is 4.13. The third kappa shape index (κ3) is 6.09. The Morgan fingerprint density at radius 2 is 2.06 bits per heavy atom. The van der Waals surface area contributed by atoms with Crippen molar-refractivity contribution in [3.8, 4) is 5.75 Å². The molecule has 168 valence electrons. The molecule has 0 bridgehead atoms. The number of carbonyl (C=O) groups excluding carboxylic acids is 1. The van der Waals surface area contributed by atoms with Crippen LogP contribution in [0.5, 0.6) is 5.75 Å². The van der Waals surface area contributed by atoms with Gasteiger partial charge in [0.1, 0.15) is 5.75 Å². The number of rotatable bonds is 8. The Kier molecular flexibility index (Phi) is 7.38. The molecule has 2 aromatic carbocycles. The maximum absolute atomic E-state index is 12.6. The number of nitrogens with one attached hydrogen (secondary N) is 1. The first-order chi connectivity index (χ1) is 15.7. The average Bonchev–Trinajstić information content (AvgIpc) is 3.29. The van der Waals surface area contributed by atoms with Crippen molar-refractivity contribution in [3.63, 3.8) is 0 Å². The zero-order valence-corrected chi connectivity index (χ0v) is 18.5. The van der Waals surface area contributed by atoms with E-state index in [-0.39, 0.29) is 11.9 Å². The summed E-state index contributed by atoms with van der Waals surface area (Å²) < 4.78 is 11.3. The van der Waals surface area contributed by atoms with Gasteiger partial charge in [0.05, 0.1) is 12.5 Å². The number of urea groups is 1. The van der Waals surface area contributed by atoms with Gasteiger partial charge in [0.2, 0.25) is 5.89 Å². The third-order valence-corrected chi connectivity index (χ3v) is 5.66. The van der Waals surface area contributed by atoms with E-state index in [0.29, 0.717) is 37.8 Å². The first kappa shape index (κ1) is 21.9. The second kappa shape index (κ2) is 10.8. The number of benzene rings is 2. The number of aryl methyl sites for hydroxylation is 1. The summed E-state index contributed by atoms with van der Waals surface area (Å²) in [6.45, 7) is 4.49. The number of ether oxygens (including phenoxy) is 1. The fourth-order valence-corrected chi connectivity index (χ4v) is 3.93. The minimum atomic E-state index is -0.0306. The fraction of sp³-hybridized carbons (Fsp3) is 0.400. The van der Waals surface area contributed by atoms with Crippen LogP contribution in [-0.2, 0) is 12.8 Å². The van der Waals surface area contributed by atoms with Gasteiger partial charge in [-0.1, -0.05) is 47.6 Å². The molecular weight excluding hydrogens is 404 g/mol. The molecule has 7 nitrogen and oxygen atoms in total. The van der Waals surface area contributed by atoms with Gasteiger partial charge < -0.3 is 19.5 Å². The van der Waals surface area contributed by atoms with E-state index in [4.69, 9.17) is 9.26 Å². The van der Waals surface area contributed by atoms with Crippen molar-refractivity contribution < 1.29 is 14.1 Å². The number of carbonyl (C=O) groups is 1. The summed E-state index contributed by atoms with van der Waals surface area (Å²) in [5, 5.41) is 7.14. The highest BCUT2D eigenvalue weighted by molar-refractivity contribution is 5.74. The Morgan fingerprint density at radius 3 is 2.91 bits per heavy atom. The molecule has 1 fully saturated rings. The van der Waals surface area contributed by atoms with E-state index in [9.17, 15) is 4.79 Å². The molecule has 0 aliphatic carbocycles. The summed E-state index contributed by atoms with van der Waals surface area (Å²) >= 11 is 0. The first-order valence-corrected chi connectivity index (χ1v) is 11.3. The molecular formula is C25H30N4O3. The molecule has 0 spiro atoms. The van der Waals surface area contributed by atoms with Gasteiger partial charge in [0, 0.05) is 26.1 Å². The number of piperidine rings is 1. The number of hydrogen-bond donors (Lipinski definition) is 1. The summed E-state index contributed by atoms with van der Waals surface area (Å²) in [6.07, 6.45) is 3.26. The van der Waals surface area contributed by atoms with Gasteiger partial charge in [-0.3, -0.25) is 0 Å². The second-order valence-electron chi connectivity index (χ2n) is 8.22. The van der Waals surface area contributed by atoms with Crippen LogP contribution in [0.2, 0.25) is 0 Å². The molecule has 1 aliphatic heterocycles. The Hall–Kier alpha value is -3.35. The van der Waals surface area contributed by atoms with E-state index in [1.54, 1.807) is 0 Å². The molecule has 1 saturated heterocycles. The highest BCUT2D eigenvalue weighted by Gasteiger charge is 2.28. The van der Waals surface area contributed by atoms with Crippen molar-refractivity contribution in [3.05, 3.63) is 77.4 Å². The van der Waals surface area contributed by atoms with Crippen LogP contribution in [0.15, 0.2) is 59.1 Å². The van der Waals surface area contributed by atoms with Crippen LogP contribution in [0.25, 0.3) is 0 Å². The van der Waals surface area contributed by atoms with E-state index < -0.39 is 0 Å². The minimum absolute atomic E-state index is 0.0306. The first-order valence-electron chi connectivity index (χ1n) is 11.3. The van der Waals surface area contributed by atoms with Crippen LogP contribution < -0.4 is 10.1 Å². The SMILES string of the molecule is Cc1cccc(OCCc2noc(C3CCCN(C(=O)NCCc4ccccc4)C3)n2)c1. The Morgan fingerprint density at radius 1 is 1.19 bits per heavy atom. The Balaban J connectivity index is 1.23. The fourth-order valence-electron chi connectivity index (χ4n) is 3.93. The van der Waals surface area contributed by atoms with E-state index in [1.165, 1.54) is 5.56 Å². The summed E-state index contributed by atoms with van der Waals surface area (Å²) in [6, 6.07) is 18.1. The van der Waals surface area contributed by atoms with Crippen molar-refractivity contribution in [1.82, 2.24) is 20.4 Å². The normalized spacial score (nSPS) is 16.0. The standard InChI is InChI=1S/C25H30N4O3/c1-19-7-5-11-22(17-19)31-16-13-23-27-24(32-28-23)21-10-6-15-29(18-21)25(30)26-14-12-20-8-3-2-4-9-20/h2-5,7-9,11,17,21H,6,10,12-16,18H2,1H3,(H,26,30). The van der Waals surface area contributed by atoms with E-state index in [1.807, 2.05) is 54.3 Å². The average molecular weight is 435 g/mol. The smallest absolute Gasteiger partial charge is 0.317 e. The molecule has 0 radical (unpaired) electrons. The van der Waals surface area contributed by atoms with E-state index in [2.05, 4.69) is 27.6 Å². The van der Waals surface area contributed by atoms with Crippen LogP contribution in [0, 0.1) is 6.92 Å². The summed E-state index contributed by atoms with van der Waals surface area (Å²) in [5.74, 6) is 2.16. The van der Waals surface area contributed by atoms with Crippen molar-refractivity contribution >= 4 is 6.03 Å². The lowest BCUT2D eigenvalue weighted by Crippen LogP contribution is -2.45. The third-order valence-electron chi connectivity index (χ3n) is 5.66. The lowest BCUT2D eigenvalue weighted by molar-refractivity contribution is 0.172. The van der Waals surface area contributed by atoms with Crippen molar-refractivity contribution in [2.75, 3.05) is 26.2 Å². The van der Waals surface area contributed by atoms with Gasteiger partial charge in [-0.25, -0.2) is 4.79 Å². The topological polar surface area (TPSA) is 80.5 Å². The molecule has 1 aliphatic rings. The lowest BCUT2D eigenvalue weighted by Gasteiger charge is -2.31. The summed E-state index contributed by atoms with van der Waals surface area (Å²) in [5.41, 5.74) is 2.38. The highest BCUT2D eigenvalue weighted by atomic mass is 16.5. The van der Waals surface area contributed by atoms with Gasteiger partial charge in [0.15, 0.2) is 5.82 Å². The van der Waals surface area contributed by atoms with Crippen molar-refractivity contribution in [1.29, 1.82) is 0 Å². The molecule has 1 N–H and O–H groups in total.